The zero-order valence-corrected chi connectivity index (χ0v) is 13.7. The van der Waals surface area contributed by atoms with Crippen LogP contribution >= 0.6 is 0 Å². The smallest absolute Gasteiger partial charge is 0.269 e. The summed E-state index contributed by atoms with van der Waals surface area (Å²) in [6.07, 6.45) is 1.56. The number of nitro benzene ring substituents is 1. The third-order valence-electron chi connectivity index (χ3n) is 4.05. The fourth-order valence-corrected chi connectivity index (χ4v) is 2.93. The Hall–Kier alpha value is -2.25. The van der Waals surface area contributed by atoms with Crippen LogP contribution in [0.3, 0.4) is 0 Å². The summed E-state index contributed by atoms with van der Waals surface area (Å²) < 4.78 is 0. The molecule has 0 saturated carbocycles. The van der Waals surface area contributed by atoms with Gasteiger partial charge < -0.3 is 15.5 Å². The molecule has 2 unspecified atom stereocenters. The van der Waals surface area contributed by atoms with E-state index < -0.39 is 17.1 Å². The summed E-state index contributed by atoms with van der Waals surface area (Å²) in [5.41, 5.74) is 0.888. The molecule has 2 atom stereocenters. The number of benzene rings is 1. The fourth-order valence-electron chi connectivity index (χ4n) is 2.93. The Morgan fingerprint density at radius 3 is 2.42 bits per heavy atom. The lowest BCUT2D eigenvalue weighted by Gasteiger charge is -2.32. The van der Waals surface area contributed by atoms with E-state index in [1.54, 1.807) is 0 Å². The minimum absolute atomic E-state index is 0.00951. The van der Waals surface area contributed by atoms with Crippen LogP contribution in [0.2, 0.25) is 0 Å². The van der Waals surface area contributed by atoms with Gasteiger partial charge in [0.2, 0.25) is 0 Å². The van der Waals surface area contributed by atoms with E-state index in [9.17, 15) is 25.1 Å². The molecule has 0 amide bonds. The Balaban J connectivity index is 2.13. The number of nitro groups is 1. The molecule has 0 fully saturated rings. The van der Waals surface area contributed by atoms with Crippen molar-refractivity contribution in [2.75, 3.05) is 6.61 Å². The van der Waals surface area contributed by atoms with Crippen molar-refractivity contribution in [2.24, 2.45) is 5.41 Å². The van der Waals surface area contributed by atoms with Crippen LogP contribution in [-0.2, 0) is 4.79 Å². The predicted octanol–water partition coefficient (Wildman–Crippen LogP) is 1.85. The van der Waals surface area contributed by atoms with E-state index in [0.717, 1.165) is 0 Å². The molecule has 7 heteroatoms. The Morgan fingerprint density at radius 1 is 1.29 bits per heavy atom. The van der Waals surface area contributed by atoms with Gasteiger partial charge in [0.05, 0.1) is 17.6 Å². The second-order valence-corrected chi connectivity index (χ2v) is 6.88. The highest BCUT2D eigenvalue weighted by molar-refractivity contribution is 5.91. The van der Waals surface area contributed by atoms with E-state index >= 15 is 0 Å². The van der Waals surface area contributed by atoms with Crippen molar-refractivity contribution in [1.29, 1.82) is 0 Å². The average molecular weight is 334 g/mol. The lowest BCUT2D eigenvalue weighted by molar-refractivity contribution is -0.384. The molecule has 0 heterocycles. The first kappa shape index (κ1) is 18.1. The maximum atomic E-state index is 11.8. The van der Waals surface area contributed by atoms with Crippen LogP contribution in [-0.4, -0.2) is 33.6 Å². The van der Waals surface area contributed by atoms with Crippen LogP contribution in [0.15, 0.2) is 36.0 Å². The van der Waals surface area contributed by atoms with Gasteiger partial charge >= 0.3 is 0 Å². The Morgan fingerprint density at radius 2 is 1.92 bits per heavy atom. The summed E-state index contributed by atoms with van der Waals surface area (Å²) >= 11 is 0. The van der Waals surface area contributed by atoms with Crippen LogP contribution in [0.25, 0.3) is 0 Å². The molecule has 0 aromatic heterocycles. The van der Waals surface area contributed by atoms with Crippen molar-refractivity contribution in [3.05, 3.63) is 51.7 Å². The fraction of sp³-hybridized carbons (Fsp3) is 0.471. The Kier molecular flexibility index (Phi) is 5.36. The maximum absolute atomic E-state index is 11.8. The maximum Gasteiger partial charge on any atom is 0.269 e. The highest BCUT2D eigenvalue weighted by Crippen LogP contribution is 2.33. The number of aliphatic hydroxyl groups excluding tert-OH is 2. The van der Waals surface area contributed by atoms with Crippen molar-refractivity contribution >= 4 is 11.5 Å². The topological polar surface area (TPSA) is 113 Å². The summed E-state index contributed by atoms with van der Waals surface area (Å²) in [7, 11) is 0. The third kappa shape index (κ3) is 4.39. The first-order chi connectivity index (χ1) is 11.2. The molecular weight excluding hydrogens is 312 g/mol. The van der Waals surface area contributed by atoms with Crippen LogP contribution in [0.1, 0.15) is 38.4 Å². The first-order valence-corrected chi connectivity index (χ1v) is 7.75. The van der Waals surface area contributed by atoms with E-state index in [1.807, 2.05) is 13.8 Å². The summed E-state index contributed by atoms with van der Waals surface area (Å²) in [6, 6.07) is 4.81. The molecular formula is C17H22N2O5. The molecule has 0 radical (unpaired) electrons. The lowest BCUT2D eigenvalue weighted by Crippen LogP contribution is -2.40. The van der Waals surface area contributed by atoms with Crippen molar-refractivity contribution in [1.82, 2.24) is 5.32 Å². The quantitative estimate of drug-likeness (QED) is 0.540. The number of allylic oxidation sites excluding steroid dienone is 2. The number of hydrogen-bond donors (Lipinski definition) is 3. The lowest BCUT2D eigenvalue weighted by atomic mass is 9.78. The van der Waals surface area contributed by atoms with Crippen LogP contribution in [0, 0.1) is 15.5 Å². The molecule has 0 bridgehead atoms. The highest BCUT2D eigenvalue weighted by atomic mass is 16.6. The molecule has 0 spiro atoms. The second-order valence-electron chi connectivity index (χ2n) is 6.88. The number of rotatable bonds is 6. The molecule has 0 saturated heterocycles. The number of ketones is 1. The molecule has 2 rings (SSSR count). The van der Waals surface area contributed by atoms with Gasteiger partial charge in [-0.3, -0.25) is 14.9 Å². The standard InChI is InChI=1S/C17H22N2O5/c1-17(2)8-12(7-14(21)9-17)18-15(10-20)16(22)11-3-5-13(6-4-11)19(23)24/h3-7,15-16,18,20,22H,8-10H2,1-2H3. The summed E-state index contributed by atoms with van der Waals surface area (Å²) in [6.45, 7) is 3.63. The van der Waals surface area contributed by atoms with Gasteiger partial charge in [0.15, 0.2) is 5.78 Å². The normalized spacial score (nSPS) is 19.3. The molecule has 3 N–H and O–H groups in total. The average Bonchev–Trinajstić information content (AvgIpc) is 2.50. The number of aliphatic hydroxyl groups is 2. The van der Waals surface area contributed by atoms with Gasteiger partial charge in [-0.1, -0.05) is 13.8 Å². The third-order valence-corrected chi connectivity index (χ3v) is 4.05. The SMILES string of the molecule is CC1(C)CC(=O)C=C(NC(CO)C(O)c2ccc([N+](=O)[O-])cc2)C1. The summed E-state index contributed by atoms with van der Waals surface area (Å²) in [5, 5.41) is 33.7. The zero-order valence-electron chi connectivity index (χ0n) is 13.7. The minimum Gasteiger partial charge on any atom is -0.394 e. The Bertz CT molecular complexity index is 651. The molecule has 1 aromatic carbocycles. The molecule has 24 heavy (non-hydrogen) atoms. The number of hydrogen-bond acceptors (Lipinski definition) is 6. The summed E-state index contributed by atoms with van der Waals surface area (Å²) in [4.78, 5) is 22.0. The van der Waals surface area contributed by atoms with Gasteiger partial charge in [0, 0.05) is 30.3 Å². The number of nitrogens with one attached hydrogen (secondary N) is 1. The largest absolute Gasteiger partial charge is 0.394 e. The number of carbonyl (C=O) groups is 1. The van der Waals surface area contributed by atoms with Gasteiger partial charge in [0.1, 0.15) is 6.10 Å². The number of carbonyl (C=O) groups excluding carboxylic acids is 1. The van der Waals surface area contributed by atoms with Crippen molar-refractivity contribution < 1.29 is 19.9 Å². The van der Waals surface area contributed by atoms with Gasteiger partial charge in [-0.2, -0.15) is 0 Å². The molecule has 1 aliphatic rings. The molecule has 7 nitrogen and oxygen atoms in total. The first-order valence-electron chi connectivity index (χ1n) is 7.75. The summed E-state index contributed by atoms with van der Waals surface area (Å²) in [5.74, 6) is 0.00951. The van der Waals surface area contributed by atoms with Crippen molar-refractivity contribution in [3.63, 3.8) is 0 Å². The van der Waals surface area contributed by atoms with Crippen LogP contribution in [0.5, 0.6) is 0 Å². The number of non-ortho nitro benzene ring substituents is 1. The van der Waals surface area contributed by atoms with Gasteiger partial charge in [0.25, 0.3) is 5.69 Å². The van der Waals surface area contributed by atoms with Gasteiger partial charge in [-0.15, -0.1) is 0 Å². The van der Waals surface area contributed by atoms with E-state index in [-0.39, 0.29) is 23.5 Å². The number of nitrogens with zero attached hydrogens (tertiary/aromatic N) is 1. The van der Waals surface area contributed by atoms with Crippen molar-refractivity contribution in [2.45, 2.75) is 38.8 Å². The van der Waals surface area contributed by atoms with E-state index in [2.05, 4.69) is 5.32 Å². The van der Waals surface area contributed by atoms with Crippen LogP contribution < -0.4 is 5.32 Å². The Labute approximate surface area is 140 Å². The van der Waals surface area contributed by atoms with E-state index in [1.165, 1.54) is 30.3 Å². The predicted molar refractivity (Wildman–Crippen MR) is 88.2 cm³/mol. The highest BCUT2D eigenvalue weighted by Gasteiger charge is 2.30. The molecule has 1 aliphatic carbocycles. The van der Waals surface area contributed by atoms with E-state index in [4.69, 9.17) is 0 Å². The monoisotopic (exact) mass is 334 g/mol. The second kappa shape index (κ2) is 7.11. The minimum atomic E-state index is -1.06. The molecule has 1 aromatic rings. The van der Waals surface area contributed by atoms with Gasteiger partial charge in [-0.25, -0.2) is 0 Å². The molecule has 130 valence electrons. The van der Waals surface area contributed by atoms with Crippen LogP contribution in [0.4, 0.5) is 5.69 Å². The molecule has 0 aliphatic heterocycles. The van der Waals surface area contributed by atoms with Gasteiger partial charge in [-0.05, 0) is 29.5 Å². The van der Waals surface area contributed by atoms with E-state index in [0.29, 0.717) is 24.1 Å². The zero-order chi connectivity index (χ0) is 17.9. The van der Waals surface area contributed by atoms with Crippen molar-refractivity contribution in [3.8, 4) is 0 Å².